The van der Waals surface area contributed by atoms with Crippen molar-refractivity contribution >= 4 is 28.3 Å². The molecule has 0 aliphatic heterocycles. The van der Waals surface area contributed by atoms with Crippen molar-refractivity contribution in [2.75, 3.05) is 16.8 Å². The van der Waals surface area contributed by atoms with Gasteiger partial charge >= 0.3 is 0 Å². The summed E-state index contributed by atoms with van der Waals surface area (Å²) in [6, 6.07) is 38.7. The summed E-state index contributed by atoms with van der Waals surface area (Å²) < 4.78 is 0. The second-order valence-corrected chi connectivity index (χ2v) is 11.0. The standard InChI is InChI=1S/C40H37N3/c1-5-6-8-13-31(2)33-16-11-18-38(28-33)43(39-19-12-17-34(29-39)32-14-9-7-10-15-32)37-22-20-35(21-23-37)42(4)36-24-26-40(3,30-41)27-25-36/h5-26,28-29H,2,27H2,1,3-4H3/b6-5-,13-8-. The van der Waals surface area contributed by atoms with Crippen LogP contribution in [0.25, 0.3) is 16.7 Å². The van der Waals surface area contributed by atoms with Crippen LogP contribution in [-0.2, 0) is 0 Å². The second kappa shape index (κ2) is 13.1. The van der Waals surface area contributed by atoms with Crippen LogP contribution in [-0.4, -0.2) is 7.05 Å². The van der Waals surface area contributed by atoms with Crippen LogP contribution in [0.3, 0.4) is 0 Å². The minimum absolute atomic E-state index is 0.439. The SMILES string of the molecule is C=C(/C=C\C=C/C)c1cccc(N(c2ccc(N(C)C3=CCC(C)(C#N)C=C3)cc2)c2cccc(-c3ccccc3)c2)c1. The summed E-state index contributed by atoms with van der Waals surface area (Å²) in [4.78, 5) is 4.46. The lowest BCUT2D eigenvalue weighted by Crippen LogP contribution is -2.20. The number of likely N-dealkylation sites (N-methyl/N-ethyl adjacent to an activating group) is 1. The van der Waals surface area contributed by atoms with Gasteiger partial charge in [0.15, 0.2) is 0 Å². The molecule has 0 saturated heterocycles. The molecule has 1 aliphatic carbocycles. The van der Waals surface area contributed by atoms with Gasteiger partial charge in [0, 0.05) is 35.5 Å². The molecule has 0 spiro atoms. The molecule has 4 aromatic carbocycles. The van der Waals surface area contributed by atoms with Crippen molar-refractivity contribution in [3.63, 3.8) is 0 Å². The number of hydrogen-bond acceptors (Lipinski definition) is 3. The van der Waals surface area contributed by atoms with Gasteiger partial charge in [-0.1, -0.05) is 97.6 Å². The molecule has 1 atom stereocenters. The van der Waals surface area contributed by atoms with E-state index in [1.54, 1.807) is 0 Å². The lowest BCUT2D eigenvalue weighted by molar-refractivity contribution is 0.568. The summed E-state index contributed by atoms with van der Waals surface area (Å²) in [5, 5.41) is 9.48. The predicted molar refractivity (Wildman–Crippen MR) is 184 cm³/mol. The van der Waals surface area contributed by atoms with Gasteiger partial charge < -0.3 is 9.80 Å². The second-order valence-electron chi connectivity index (χ2n) is 11.0. The number of rotatable bonds is 9. The lowest BCUT2D eigenvalue weighted by Gasteiger charge is -2.29. The van der Waals surface area contributed by atoms with Crippen LogP contribution in [0.1, 0.15) is 25.8 Å². The topological polar surface area (TPSA) is 30.3 Å². The zero-order chi connectivity index (χ0) is 30.2. The average molecular weight is 560 g/mol. The molecule has 1 unspecified atom stereocenters. The Morgan fingerprint density at radius 1 is 0.814 bits per heavy atom. The van der Waals surface area contributed by atoms with E-state index in [0.29, 0.717) is 6.42 Å². The van der Waals surface area contributed by atoms with E-state index in [-0.39, 0.29) is 0 Å². The van der Waals surface area contributed by atoms with Crippen molar-refractivity contribution in [3.8, 4) is 17.2 Å². The van der Waals surface area contributed by atoms with Gasteiger partial charge in [-0.05, 0) is 97.1 Å². The molecular formula is C40H37N3. The summed E-state index contributed by atoms with van der Waals surface area (Å²) in [7, 11) is 2.07. The van der Waals surface area contributed by atoms with Gasteiger partial charge in [0.1, 0.15) is 0 Å². The maximum atomic E-state index is 9.48. The predicted octanol–water partition coefficient (Wildman–Crippen LogP) is 10.8. The molecule has 4 aromatic rings. The van der Waals surface area contributed by atoms with E-state index in [2.05, 4.69) is 133 Å². The number of nitrogens with zero attached hydrogens (tertiary/aromatic N) is 3. The van der Waals surface area contributed by atoms with E-state index >= 15 is 0 Å². The Kier molecular flexibility index (Phi) is 8.89. The maximum Gasteiger partial charge on any atom is 0.0764 e. The Morgan fingerprint density at radius 2 is 1.49 bits per heavy atom. The smallest absolute Gasteiger partial charge is 0.0764 e. The van der Waals surface area contributed by atoms with Crippen molar-refractivity contribution in [1.29, 1.82) is 5.26 Å². The fourth-order valence-electron chi connectivity index (χ4n) is 5.15. The Morgan fingerprint density at radius 3 is 2.16 bits per heavy atom. The molecule has 0 bridgehead atoms. The monoisotopic (exact) mass is 559 g/mol. The van der Waals surface area contributed by atoms with Crippen LogP contribution in [0.2, 0.25) is 0 Å². The first-order chi connectivity index (χ1) is 20.9. The molecule has 5 rings (SSSR count). The fourth-order valence-corrected chi connectivity index (χ4v) is 5.15. The molecule has 0 fully saturated rings. The third-order valence-electron chi connectivity index (χ3n) is 7.78. The van der Waals surface area contributed by atoms with E-state index in [9.17, 15) is 5.26 Å². The molecule has 212 valence electrons. The summed E-state index contributed by atoms with van der Waals surface area (Å²) in [6.07, 6.45) is 15.0. The van der Waals surface area contributed by atoms with Crippen LogP contribution in [0.15, 0.2) is 158 Å². The van der Waals surface area contributed by atoms with Gasteiger partial charge in [0.05, 0.1) is 11.5 Å². The van der Waals surface area contributed by atoms with Crippen molar-refractivity contribution in [2.45, 2.75) is 20.3 Å². The first-order valence-electron chi connectivity index (χ1n) is 14.6. The first-order valence-corrected chi connectivity index (χ1v) is 14.6. The molecule has 3 heteroatoms. The van der Waals surface area contributed by atoms with Crippen molar-refractivity contribution in [3.05, 3.63) is 163 Å². The van der Waals surface area contributed by atoms with Gasteiger partial charge in [0.2, 0.25) is 0 Å². The molecular weight excluding hydrogens is 522 g/mol. The van der Waals surface area contributed by atoms with E-state index in [0.717, 1.165) is 45.1 Å². The molecule has 1 aliphatic rings. The van der Waals surface area contributed by atoms with Crippen LogP contribution < -0.4 is 9.80 Å². The van der Waals surface area contributed by atoms with Crippen molar-refractivity contribution in [2.24, 2.45) is 5.41 Å². The molecule has 0 saturated carbocycles. The fraction of sp³-hybridized carbons (Fsp3) is 0.125. The lowest BCUT2D eigenvalue weighted by atomic mass is 9.84. The molecule has 0 aromatic heterocycles. The van der Waals surface area contributed by atoms with Gasteiger partial charge in [-0.3, -0.25) is 0 Å². The minimum Gasteiger partial charge on any atom is -0.345 e. The van der Waals surface area contributed by atoms with Crippen LogP contribution in [0, 0.1) is 16.7 Å². The molecule has 3 nitrogen and oxygen atoms in total. The Balaban J connectivity index is 1.53. The molecule has 0 N–H and O–H groups in total. The van der Waals surface area contributed by atoms with Gasteiger partial charge in [-0.2, -0.15) is 5.26 Å². The Hall–Kier alpha value is -5.33. The van der Waals surface area contributed by atoms with E-state index < -0.39 is 5.41 Å². The minimum atomic E-state index is -0.439. The summed E-state index contributed by atoms with van der Waals surface area (Å²) in [5.74, 6) is 0. The Bertz CT molecular complexity index is 1750. The number of allylic oxidation sites excluding steroid dienone is 8. The third-order valence-corrected chi connectivity index (χ3v) is 7.78. The van der Waals surface area contributed by atoms with Gasteiger partial charge in [-0.25, -0.2) is 0 Å². The normalized spacial score (nSPS) is 16.2. The largest absolute Gasteiger partial charge is 0.345 e. The van der Waals surface area contributed by atoms with E-state index in [1.165, 1.54) is 5.56 Å². The zero-order valence-corrected chi connectivity index (χ0v) is 25.1. The van der Waals surface area contributed by atoms with E-state index in [4.69, 9.17) is 0 Å². The molecule has 0 amide bonds. The third kappa shape index (κ3) is 6.77. The first kappa shape index (κ1) is 29.2. The number of anilines is 4. The van der Waals surface area contributed by atoms with E-state index in [1.807, 2.05) is 56.4 Å². The average Bonchev–Trinajstić information content (AvgIpc) is 3.06. The number of hydrogen-bond donors (Lipinski definition) is 0. The zero-order valence-electron chi connectivity index (χ0n) is 25.1. The number of benzene rings is 4. The van der Waals surface area contributed by atoms with Crippen molar-refractivity contribution in [1.82, 2.24) is 0 Å². The van der Waals surface area contributed by atoms with Crippen LogP contribution in [0.4, 0.5) is 22.7 Å². The maximum absolute atomic E-state index is 9.48. The molecule has 0 heterocycles. The summed E-state index contributed by atoms with van der Waals surface area (Å²) in [6.45, 7) is 8.29. The highest BCUT2D eigenvalue weighted by molar-refractivity contribution is 5.83. The highest BCUT2D eigenvalue weighted by Crippen LogP contribution is 2.39. The summed E-state index contributed by atoms with van der Waals surface area (Å²) >= 11 is 0. The molecule has 43 heavy (non-hydrogen) atoms. The van der Waals surface area contributed by atoms with Gasteiger partial charge in [-0.15, -0.1) is 0 Å². The molecule has 0 radical (unpaired) electrons. The quantitative estimate of drug-likeness (QED) is 0.191. The summed E-state index contributed by atoms with van der Waals surface area (Å²) in [5.41, 5.74) is 9.27. The Labute approximate surface area is 256 Å². The number of nitriles is 1. The van der Waals surface area contributed by atoms with Gasteiger partial charge in [0.25, 0.3) is 0 Å². The van der Waals surface area contributed by atoms with Crippen LogP contribution >= 0.6 is 0 Å². The van der Waals surface area contributed by atoms with Crippen molar-refractivity contribution < 1.29 is 0 Å². The highest BCUT2D eigenvalue weighted by Gasteiger charge is 2.23. The highest BCUT2D eigenvalue weighted by atomic mass is 15.1. The van der Waals surface area contributed by atoms with Crippen LogP contribution in [0.5, 0.6) is 0 Å².